The molecule has 0 bridgehead atoms. The van der Waals surface area contributed by atoms with Crippen LogP contribution in [0.4, 0.5) is 0 Å². The highest BCUT2D eigenvalue weighted by molar-refractivity contribution is 7.85. The maximum atomic E-state index is 10.2. The summed E-state index contributed by atoms with van der Waals surface area (Å²) < 4.78 is 33.8. The van der Waals surface area contributed by atoms with Crippen molar-refractivity contribution in [2.75, 3.05) is 19.0 Å². The molecule has 0 fully saturated rings. The molecule has 0 aromatic heterocycles. The van der Waals surface area contributed by atoms with Crippen molar-refractivity contribution in [3.05, 3.63) is 0 Å². The van der Waals surface area contributed by atoms with E-state index in [0.717, 1.165) is 0 Å². The largest absolute Gasteiger partial charge is 0.380 e. The number of rotatable bonds is 4. The maximum Gasteiger partial charge on any atom is 0.267 e. The third kappa shape index (κ3) is 9.87. The second kappa shape index (κ2) is 4.20. The number of ether oxygens (including phenoxy) is 1. The van der Waals surface area contributed by atoms with E-state index in [9.17, 15) is 8.42 Å². The van der Waals surface area contributed by atoms with E-state index in [4.69, 9.17) is 9.29 Å². The molecule has 0 aromatic rings. The normalized spacial score (nSPS) is 13.3. The number of hydrogen-bond acceptors (Lipinski definition) is 3. The molecule has 0 amide bonds. The first kappa shape index (κ1) is 11.9. The molecule has 0 saturated heterocycles. The van der Waals surface area contributed by atoms with Crippen LogP contribution in [0.1, 0.15) is 20.8 Å². The van der Waals surface area contributed by atoms with E-state index in [1.54, 1.807) is 0 Å². The SMILES string of the molecule is CC(C)(C)COCCS(=O)(=O)O. The minimum atomic E-state index is -3.87. The first-order valence-electron chi connectivity index (χ1n) is 3.74. The average Bonchev–Trinajstić information content (AvgIpc) is 1.76. The summed E-state index contributed by atoms with van der Waals surface area (Å²) in [5.74, 6) is -0.330. The van der Waals surface area contributed by atoms with E-state index >= 15 is 0 Å². The van der Waals surface area contributed by atoms with Crippen molar-refractivity contribution in [2.24, 2.45) is 5.41 Å². The summed E-state index contributed by atoms with van der Waals surface area (Å²) in [4.78, 5) is 0. The van der Waals surface area contributed by atoms with Gasteiger partial charge in [0, 0.05) is 0 Å². The molecule has 0 radical (unpaired) electrons. The van der Waals surface area contributed by atoms with Crippen LogP contribution in [0.25, 0.3) is 0 Å². The molecule has 0 saturated carbocycles. The Bertz CT molecular complexity index is 212. The van der Waals surface area contributed by atoms with Crippen molar-refractivity contribution in [3.63, 3.8) is 0 Å². The lowest BCUT2D eigenvalue weighted by molar-refractivity contribution is 0.0810. The molecular formula is C7H16O4S. The van der Waals surface area contributed by atoms with Gasteiger partial charge in [0.1, 0.15) is 0 Å². The van der Waals surface area contributed by atoms with Crippen molar-refractivity contribution in [1.29, 1.82) is 0 Å². The Morgan fingerprint density at radius 1 is 1.33 bits per heavy atom. The molecule has 0 heterocycles. The summed E-state index contributed by atoms with van der Waals surface area (Å²) in [7, 11) is -3.87. The lowest BCUT2D eigenvalue weighted by atomic mass is 9.99. The predicted molar refractivity (Wildman–Crippen MR) is 46.7 cm³/mol. The fraction of sp³-hybridized carbons (Fsp3) is 1.00. The highest BCUT2D eigenvalue weighted by Crippen LogP contribution is 2.12. The molecule has 4 nitrogen and oxygen atoms in total. The highest BCUT2D eigenvalue weighted by atomic mass is 32.2. The van der Waals surface area contributed by atoms with Gasteiger partial charge in [-0.15, -0.1) is 0 Å². The van der Waals surface area contributed by atoms with Crippen LogP contribution in [0.15, 0.2) is 0 Å². The standard InChI is InChI=1S/C7H16O4S/c1-7(2,3)6-11-4-5-12(8,9)10/h4-6H2,1-3H3,(H,8,9,10). The van der Waals surface area contributed by atoms with Crippen molar-refractivity contribution in [3.8, 4) is 0 Å². The quantitative estimate of drug-likeness (QED) is 0.537. The summed E-state index contributed by atoms with van der Waals surface area (Å²) in [6.07, 6.45) is 0. The van der Waals surface area contributed by atoms with Gasteiger partial charge in [-0.25, -0.2) is 0 Å². The Hall–Kier alpha value is -0.130. The summed E-state index contributed by atoms with van der Waals surface area (Å²) >= 11 is 0. The Balaban J connectivity index is 3.48. The highest BCUT2D eigenvalue weighted by Gasteiger charge is 2.11. The van der Waals surface area contributed by atoms with Gasteiger partial charge in [0.05, 0.1) is 19.0 Å². The third-order valence-corrected chi connectivity index (χ3v) is 1.70. The second-order valence-corrected chi connectivity index (χ2v) is 5.47. The van der Waals surface area contributed by atoms with Gasteiger partial charge in [-0.05, 0) is 5.41 Å². The topological polar surface area (TPSA) is 63.6 Å². The fourth-order valence-electron chi connectivity index (χ4n) is 0.543. The molecule has 0 aliphatic rings. The molecule has 0 rings (SSSR count). The Morgan fingerprint density at radius 3 is 2.17 bits per heavy atom. The summed E-state index contributed by atoms with van der Waals surface area (Å²) in [6.45, 7) is 6.50. The number of hydrogen-bond donors (Lipinski definition) is 1. The van der Waals surface area contributed by atoms with E-state index in [0.29, 0.717) is 6.61 Å². The van der Waals surface area contributed by atoms with Crippen LogP contribution in [0.3, 0.4) is 0 Å². The lowest BCUT2D eigenvalue weighted by Crippen LogP contribution is -2.18. The molecule has 0 atom stereocenters. The van der Waals surface area contributed by atoms with Crippen LogP contribution < -0.4 is 0 Å². The molecule has 0 aliphatic heterocycles. The van der Waals surface area contributed by atoms with Crippen LogP contribution in [-0.2, 0) is 14.9 Å². The predicted octanol–water partition coefficient (Wildman–Crippen LogP) is 0.937. The van der Waals surface area contributed by atoms with Gasteiger partial charge in [0.25, 0.3) is 10.1 Å². The summed E-state index contributed by atoms with van der Waals surface area (Å²) in [5, 5.41) is 0. The second-order valence-electron chi connectivity index (χ2n) is 3.90. The molecule has 0 aliphatic carbocycles. The van der Waals surface area contributed by atoms with Gasteiger partial charge in [-0.1, -0.05) is 20.8 Å². The van der Waals surface area contributed by atoms with E-state index in [-0.39, 0.29) is 17.8 Å². The zero-order valence-electron chi connectivity index (χ0n) is 7.70. The minimum Gasteiger partial charge on any atom is -0.380 e. The third-order valence-electron chi connectivity index (χ3n) is 1.02. The fourth-order valence-corrected chi connectivity index (χ4v) is 0.871. The molecular weight excluding hydrogens is 180 g/mol. The van der Waals surface area contributed by atoms with Crippen LogP contribution in [0, 0.1) is 5.41 Å². The zero-order valence-corrected chi connectivity index (χ0v) is 8.52. The first-order valence-corrected chi connectivity index (χ1v) is 5.34. The Kier molecular flexibility index (Phi) is 4.16. The average molecular weight is 196 g/mol. The summed E-state index contributed by atoms with van der Waals surface area (Å²) in [6, 6.07) is 0. The molecule has 1 N–H and O–H groups in total. The molecule has 0 unspecified atom stereocenters. The van der Waals surface area contributed by atoms with E-state index in [1.165, 1.54) is 0 Å². The minimum absolute atomic E-state index is 0.0270. The summed E-state index contributed by atoms with van der Waals surface area (Å²) in [5.41, 5.74) is 0.0270. The van der Waals surface area contributed by atoms with Crippen molar-refractivity contribution in [1.82, 2.24) is 0 Å². The monoisotopic (exact) mass is 196 g/mol. The molecule has 74 valence electrons. The Morgan fingerprint density at radius 2 is 1.83 bits per heavy atom. The molecule has 5 heteroatoms. The molecule has 0 spiro atoms. The smallest absolute Gasteiger partial charge is 0.267 e. The van der Waals surface area contributed by atoms with Crippen LogP contribution in [0.2, 0.25) is 0 Å². The van der Waals surface area contributed by atoms with Gasteiger partial charge in [0.2, 0.25) is 0 Å². The maximum absolute atomic E-state index is 10.2. The van der Waals surface area contributed by atoms with Gasteiger partial charge in [0.15, 0.2) is 0 Å². The molecule has 0 aromatic carbocycles. The van der Waals surface area contributed by atoms with E-state index < -0.39 is 10.1 Å². The van der Waals surface area contributed by atoms with Crippen molar-refractivity contribution >= 4 is 10.1 Å². The van der Waals surface area contributed by atoms with Gasteiger partial charge in [-0.2, -0.15) is 8.42 Å². The van der Waals surface area contributed by atoms with E-state index in [2.05, 4.69) is 0 Å². The van der Waals surface area contributed by atoms with Gasteiger partial charge in [-0.3, -0.25) is 4.55 Å². The van der Waals surface area contributed by atoms with E-state index in [1.807, 2.05) is 20.8 Å². The lowest BCUT2D eigenvalue weighted by Gasteiger charge is -2.17. The van der Waals surface area contributed by atoms with Gasteiger partial charge >= 0.3 is 0 Å². The first-order chi connectivity index (χ1) is 5.21. The van der Waals surface area contributed by atoms with Crippen molar-refractivity contribution < 1.29 is 17.7 Å². The zero-order chi connectivity index (χ0) is 9.83. The van der Waals surface area contributed by atoms with Crippen LogP contribution in [0.5, 0.6) is 0 Å². The van der Waals surface area contributed by atoms with Gasteiger partial charge < -0.3 is 4.74 Å². The Labute approximate surface area is 73.7 Å². The van der Waals surface area contributed by atoms with Crippen LogP contribution >= 0.6 is 0 Å². The molecule has 12 heavy (non-hydrogen) atoms. The van der Waals surface area contributed by atoms with Crippen molar-refractivity contribution in [2.45, 2.75) is 20.8 Å². The van der Waals surface area contributed by atoms with Crippen LogP contribution in [-0.4, -0.2) is 31.9 Å².